The van der Waals surface area contributed by atoms with Gasteiger partial charge in [0.25, 0.3) is 0 Å². The highest BCUT2D eigenvalue weighted by atomic mass is 32.1. The number of aromatic nitrogens is 1. The molecule has 34 heavy (non-hydrogen) atoms. The van der Waals surface area contributed by atoms with E-state index >= 15 is 0 Å². The second-order valence-electron chi connectivity index (χ2n) is 10.6. The van der Waals surface area contributed by atoms with Gasteiger partial charge in [-0.3, -0.25) is 4.79 Å². The maximum atomic E-state index is 13.2. The molecular formula is C26H30N4O3S. The number of fused-ring (bicyclic) bond motifs is 2. The number of anilines is 1. The van der Waals surface area contributed by atoms with Crippen molar-refractivity contribution in [2.45, 2.75) is 31.8 Å². The Hall–Kier alpha value is -2.97. The number of hydrogen-bond donors (Lipinski definition) is 1. The normalized spacial score (nSPS) is 17.4. The summed E-state index contributed by atoms with van der Waals surface area (Å²) in [5.41, 5.74) is 3.17. The summed E-state index contributed by atoms with van der Waals surface area (Å²) in [5.74, 6) is -1.45. The van der Waals surface area contributed by atoms with E-state index in [9.17, 15) is 14.7 Å². The van der Waals surface area contributed by atoms with Gasteiger partial charge in [-0.25, -0.2) is 4.98 Å². The molecule has 0 bridgehead atoms. The molecule has 1 amide bonds. The number of hydrogen-bond acceptors (Lipinski definition) is 6. The van der Waals surface area contributed by atoms with Crippen molar-refractivity contribution in [1.82, 2.24) is 10.3 Å². The summed E-state index contributed by atoms with van der Waals surface area (Å²) in [6.07, 6.45) is 0.535. The van der Waals surface area contributed by atoms with Crippen molar-refractivity contribution >= 4 is 39.1 Å². The van der Waals surface area contributed by atoms with Gasteiger partial charge in [0.15, 0.2) is 0 Å². The van der Waals surface area contributed by atoms with E-state index in [4.69, 9.17) is 0 Å². The van der Waals surface area contributed by atoms with Crippen LogP contribution in [-0.4, -0.2) is 61.6 Å². The van der Waals surface area contributed by atoms with Gasteiger partial charge in [0.2, 0.25) is 5.91 Å². The fraction of sp³-hybridized carbons (Fsp3) is 0.423. The third-order valence-electron chi connectivity index (χ3n) is 7.28. The number of quaternary nitrogens is 1. The first-order chi connectivity index (χ1) is 16.1. The zero-order chi connectivity index (χ0) is 24.1. The van der Waals surface area contributed by atoms with Gasteiger partial charge in [-0.2, -0.15) is 0 Å². The summed E-state index contributed by atoms with van der Waals surface area (Å²) in [6.45, 7) is 2.37. The molecule has 2 heterocycles. The zero-order valence-corrected chi connectivity index (χ0v) is 20.7. The molecule has 0 unspecified atom stereocenters. The molecule has 1 saturated heterocycles. The molecular weight excluding hydrogens is 448 g/mol. The number of thiazole rings is 1. The Morgan fingerprint density at radius 1 is 1.15 bits per heavy atom. The molecule has 5 rings (SSSR count). The Labute approximate surface area is 203 Å². The van der Waals surface area contributed by atoms with Gasteiger partial charge < -0.3 is 24.6 Å². The van der Waals surface area contributed by atoms with E-state index in [1.165, 1.54) is 5.69 Å². The molecule has 178 valence electrons. The fourth-order valence-corrected chi connectivity index (χ4v) is 6.01. The lowest BCUT2D eigenvalue weighted by atomic mass is 9.80. The number of nitrogens with zero attached hydrogens (tertiary/aromatic N) is 3. The second-order valence-corrected chi connectivity index (χ2v) is 11.7. The summed E-state index contributed by atoms with van der Waals surface area (Å²) in [5, 5.41) is 15.3. The van der Waals surface area contributed by atoms with E-state index in [1.807, 2.05) is 30.3 Å². The van der Waals surface area contributed by atoms with Crippen molar-refractivity contribution < 1.29 is 19.2 Å². The summed E-state index contributed by atoms with van der Waals surface area (Å²) >= 11 is 1.57. The largest absolute Gasteiger partial charge is 0.550 e. The average molecular weight is 479 g/mol. The van der Waals surface area contributed by atoms with E-state index in [-0.39, 0.29) is 18.9 Å². The van der Waals surface area contributed by atoms with Crippen LogP contribution in [0.25, 0.3) is 10.2 Å². The summed E-state index contributed by atoms with van der Waals surface area (Å²) in [7, 11) is 6.70. The predicted octanol–water partition coefficient (Wildman–Crippen LogP) is 1.73. The van der Waals surface area contributed by atoms with E-state index in [1.54, 1.807) is 11.3 Å². The minimum atomic E-state index is -1.20. The minimum absolute atomic E-state index is 0.250. The maximum Gasteiger partial charge on any atom is 0.227 e. The number of carbonyl (C=O) groups is 2. The van der Waals surface area contributed by atoms with Crippen molar-refractivity contribution in [3.8, 4) is 0 Å². The number of aliphatic carboxylic acids is 1. The van der Waals surface area contributed by atoms with E-state index in [0.717, 1.165) is 43.9 Å². The first kappa shape index (κ1) is 22.8. The van der Waals surface area contributed by atoms with Crippen molar-refractivity contribution in [2.24, 2.45) is 5.41 Å². The smallest absolute Gasteiger partial charge is 0.227 e. The van der Waals surface area contributed by atoms with Crippen LogP contribution in [0, 0.1) is 5.41 Å². The lowest BCUT2D eigenvalue weighted by Crippen LogP contribution is -2.64. The molecule has 1 aliphatic heterocycles. The molecule has 8 heteroatoms. The predicted molar refractivity (Wildman–Crippen MR) is 131 cm³/mol. The van der Waals surface area contributed by atoms with Crippen LogP contribution in [0.4, 0.5) is 5.69 Å². The highest BCUT2D eigenvalue weighted by molar-refractivity contribution is 7.18. The second kappa shape index (κ2) is 8.36. The highest BCUT2D eigenvalue weighted by Gasteiger charge is 2.43. The number of nitrogens with one attached hydrogen (secondary N) is 1. The van der Waals surface area contributed by atoms with Crippen LogP contribution in [0.3, 0.4) is 0 Å². The maximum absolute atomic E-state index is 13.2. The first-order valence-electron chi connectivity index (χ1n) is 11.6. The Balaban J connectivity index is 1.27. The molecule has 7 nitrogen and oxygen atoms in total. The van der Waals surface area contributed by atoms with Gasteiger partial charge in [-0.1, -0.05) is 24.3 Å². The van der Waals surface area contributed by atoms with E-state index < -0.39 is 11.4 Å². The summed E-state index contributed by atoms with van der Waals surface area (Å²) in [4.78, 5) is 31.8. The molecule has 3 aromatic rings. The molecule has 0 atom stereocenters. The number of amides is 1. The molecule has 0 saturated carbocycles. The Morgan fingerprint density at radius 2 is 1.82 bits per heavy atom. The van der Waals surface area contributed by atoms with Gasteiger partial charge in [0.1, 0.15) is 11.0 Å². The van der Waals surface area contributed by atoms with Crippen LogP contribution in [-0.2, 0) is 29.0 Å². The minimum Gasteiger partial charge on any atom is -0.550 e. The molecule has 2 aliphatic rings. The van der Waals surface area contributed by atoms with Gasteiger partial charge in [-0.05, 0) is 42.2 Å². The van der Waals surface area contributed by atoms with Gasteiger partial charge in [0.05, 0.1) is 56.4 Å². The van der Waals surface area contributed by atoms with Crippen LogP contribution in [0.5, 0.6) is 0 Å². The molecule has 1 aliphatic carbocycles. The number of carboxylic acids is 1. The van der Waals surface area contributed by atoms with Crippen LogP contribution in [0.1, 0.15) is 22.6 Å². The lowest BCUT2D eigenvalue weighted by Gasteiger charge is -2.47. The molecule has 1 fully saturated rings. The van der Waals surface area contributed by atoms with Crippen molar-refractivity contribution in [3.63, 3.8) is 0 Å². The highest BCUT2D eigenvalue weighted by Crippen LogP contribution is 2.40. The number of likely N-dealkylation sites (N-methyl/N-ethyl adjacent to an activating group) is 1. The summed E-state index contributed by atoms with van der Waals surface area (Å²) in [6, 6.07) is 14.7. The van der Waals surface area contributed by atoms with Crippen LogP contribution in [0.2, 0.25) is 0 Å². The van der Waals surface area contributed by atoms with Crippen molar-refractivity contribution in [2.75, 3.05) is 39.1 Å². The number of rotatable bonds is 7. The summed E-state index contributed by atoms with van der Waals surface area (Å²) < 4.78 is 2.06. The molecule has 1 aromatic heterocycles. The number of benzene rings is 2. The average Bonchev–Trinajstić information content (AvgIpc) is 3.30. The van der Waals surface area contributed by atoms with Crippen LogP contribution >= 0.6 is 11.3 Å². The Morgan fingerprint density at radius 3 is 2.44 bits per heavy atom. The zero-order valence-electron chi connectivity index (χ0n) is 19.8. The van der Waals surface area contributed by atoms with E-state index in [2.05, 4.69) is 48.5 Å². The third kappa shape index (κ3) is 4.28. The monoisotopic (exact) mass is 478 g/mol. The van der Waals surface area contributed by atoms with Crippen LogP contribution < -0.4 is 15.3 Å². The van der Waals surface area contributed by atoms with Crippen molar-refractivity contribution in [1.29, 1.82) is 0 Å². The first-order valence-corrected chi connectivity index (χ1v) is 12.5. The van der Waals surface area contributed by atoms with Gasteiger partial charge in [-0.15, -0.1) is 11.3 Å². The molecule has 1 N–H and O–H groups in total. The van der Waals surface area contributed by atoms with Crippen molar-refractivity contribution in [3.05, 3.63) is 58.6 Å². The van der Waals surface area contributed by atoms with Gasteiger partial charge in [0, 0.05) is 18.1 Å². The molecule has 0 radical (unpaired) electrons. The quantitative estimate of drug-likeness (QED) is 0.523. The Kier molecular flexibility index (Phi) is 5.61. The number of carboxylic acid groups (broad SMARTS) is 1. The SMILES string of the molecule is C[N+](C)(C)C1CN(c2ccc3nc(CNC(=O)C4(CC(=O)[O-])Cc5ccccc5C4)sc3c2)C1. The Bertz CT molecular complexity index is 1230. The topological polar surface area (TPSA) is 85.4 Å². The molecule has 0 spiro atoms. The lowest BCUT2D eigenvalue weighted by molar-refractivity contribution is -0.896. The standard InChI is InChI=1S/C26H30N4O3S/c1-30(2,3)20-15-29(16-20)19-8-9-21-22(10-19)34-23(28-21)14-27-25(33)26(13-24(31)32)11-17-6-4-5-7-18(17)12-26/h4-10,20H,11-16H2,1-3H3,(H-,27,31,32,33). The van der Waals surface area contributed by atoms with Gasteiger partial charge >= 0.3 is 0 Å². The third-order valence-corrected chi connectivity index (χ3v) is 8.30. The van der Waals surface area contributed by atoms with Crippen LogP contribution in [0.15, 0.2) is 42.5 Å². The van der Waals surface area contributed by atoms with E-state index in [0.29, 0.717) is 18.9 Å². The molecule has 2 aromatic carbocycles. The fourth-order valence-electron chi connectivity index (χ4n) is 5.07. The number of carbonyl (C=O) groups excluding carboxylic acids is 2.